The van der Waals surface area contributed by atoms with E-state index in [0.717, 1.165) is 12.6 Å². The third kappa shape index (κ3) is 2.78. The van der Waals surface area contributed by atoms with Crippen LogP contribution in [-0.2, 0) is 6.54 Å². The molecule has 0 aromatic carbocycles. The lowest BCUT2D eigenvalue weighted by Crippen LogP contribution is -2.38. The van der Waals surface area contributed by atoms with Crippen LogP contribution in [0.15, 0.2) is 24.5 Å². The molecule has 1 aromatic rings. The average molecular weight is 204 g/mol. The van der Waals surface area contributed by atoms with Gasteiger partial charge in [0.15, 0.2) is 0 Å². The first-order chi connectivity index (χ1) is 7.40. The minimum atomic E-state index is 0.791. The lowest BCUT2D eigenvalue weighted by Gasteiger charge is -2.35. The first kappa shape index (κ1) is 10.6. The molecule has 1 aliphatic rings. The Morgan fingerprint density at radius 2 is 2.40 bits per heavy atom. The molecular weight excluding hydrogens is 184 g/mol. The molecular formula is C13H20N2. The second-order valence-corrected chi connectivity index (χ2v) is 4.39. The highest BCUT2D eigenvalue weighted by atomic mass is 15.2. The third-order valence-corrected chi connectivity index (χ3v) is 3.33. The van der Waals surface area contributed by atoms with Crippen LogP contribution < -0.4 is 0 Å². The number of nitrogens with zero attached hydrogens (tertiary/aromatic N) is 2. The average Bonchev–Trinajstić information content (AvgIpc) is 2.31. The van der Waals surface area contributed by atoms with E-state index in [0.29, 0.717) is 0 Å². The van der Waals surface area contributed by atoms with Crippen molar-refractivity contribution >= 4 is 0 Å². The maximum absolute atomic E-state index is 4.17. The summed E-state index contributed by atoms with van der Waals surface area (Å²) >= 11 is 0. The summed E-state index contributed by atoms with van der Waals surface area (Å²) in [4.78, 5) is 6.79. The lowest BCUT2D eigenvalue weighted by molar-refractivity contribution is 0.136. The Balaban J connectivity index is 1.97. The second kappa shape index (κ2) is 5.26. The predicted molar refractivity (Wildman–Crippen MR) is 62.6 cm³/mol. The van der Waals surface area contributed by atoms with E-state index in [4.69, 9.17) is 0 Å². The zero-order valence-corrected chi connectivity index (χ0v) is 9.52. The van der Waals surface area contributed by atoms with E-state index in [9.17, 15) is 0 Å². The molecule has 1 aromatic heterocycles. The maximum Gasteiger partial charge on any atom is 0.0312 e. The Morgan fingerprint density at radius 3 is 3.13 bits per heavy atom. The summed E-state index contributed by atoms with van der Waals surface area (Å²) in [5, 5.41) is 0. The molecule has 2 heterocycles. The van der Waals surface area contributed by atoms with Gasteiger partial charge in [-0.25, -0.2) is 0 Å². The second-order valence-electron chi connectivity index (χ2n) is 4.39. The fraction of sp³-hybridized carbons (Fsp3) is 0.615. The Labute approximate surface area is 92.3 Å². The highest BCUT2D eigenvalue weighted by molar-refractivity contribution is 5.08. The first-order valence-electron chi connectivity index (χ1n) is 6.03. The maximum atomic E-state index is 4.17. The first-order valence-corrected chi connectivity index (χ1v) is 6.03. The standard InChI is InChI=1S/C13H20N2/c1-2-13-7-3-4-9-15(13)11-12-6-5-8-14-10-12/h5-6,8,10,13H,2-4,7,9,11H2,1H3. The Morgan fingerprint density at radius 1 is 1.47 bits per heavy atom. The Kier molecular flexibility index (Phi) is 3.73. The fourth-order valence-corrected chi connectivity index (χ4v) is 2.46. The zero-order valence-electron chi connectivity index (χ0n) is 9.52. The van der Waals surface area contributed by atoms with E-state index in [2.05, 4.69) is 22.9 Å². The molecule has 1 fully saturated rings. The highest BCUT2D eigenvalue weighted by Crippen LogP contribution is 2.21. The number of aromatic nitrogens is 1. The monoisotopic (exact) mass is 204 g/mol. The van der Waals surface area contributed by atoms with Crippen LogP contribution in [-0.4, -0.2) is 22.5 Å². The van der Waals surface area contributed by atoms with Crippen LogP contribution in [0.4, 0.5) is 0 Å². The predicted octanol–water partition coefficient (Wildman–Crippen LogP) is 2.85. The summed E-state index contributed by atoms with van der Waals surface area (Å²) in [6, 6.07) is 4.99. The quantitative estimate of drug-likeness (QED) is 0.752. The van der Waals surface area contributed by atoms with Crippen molar-refractivity contribution < 1.29 is 0 Å². The Hall–Kier alpha value is -0.890. The van der Waals surface area contributed by atoms with Crippen LogP contribution in [0.1, 0.15) is 38.2 Å². The van der Waals surface area contributed by atoms with Gasteiger partial charge in [0.2, 0.25) is 0 Å². The highest BCUT2D eigenvalue weighted by Gasteiger charge is 2.20. The smallest absolute Gasteiger partial charge is 0.0312 e. The van der Waals surface area contributed by atoms with E-state index >= 15 is 0 Å². The largest absolute Gasteiger partial charge is 0.296 e. The van der Waals surface area contributed by atoms with Crippen LogP contribution in [0.5, 0.6) is 0 Å². The van der Waals surface area contributed by atoms with Gasteiger partial charge in [-0.3, -0.25) is 9.88 Å². The van der Waals surface area contributed by atoms with Crippen molar-refractivity contribution in [2.45, 2.75) is 45.2 Å². The number of piperidine rings is 1. The van der Waals surface area contributed by atoms with E-state index in [-0.39, 0.29) is 0 Å². The van der Waals surface area contributed by atoms with Gasteiger partial charge >= 0.3 is 0 Å². The Bertz CT molecular complexity index is 284. The molecule has 1 atom stereocenters. The SMILES string of the molecule is CCC1CCCCN1Cc1cccnc1. The van der Waals surface area contributed by atoms with E-state index < -0.39 is 0 Å². The molecule has 1 aliphatic heterocycles. The van der Waals surface area contributed by atoms with Crippen molar-refractivity contribution in [1.29, 1.82) is 0 Å². The van der Waals surface area contributed by atoms with Gasteiger partial charge in [0, 0.05) is 25.0 Å². The molecule has 0 aliphatic carbocycles. The van der Waals surface area contributed by atoms with Gasteiger partial charge in [-0.15, -0.1) is 0 Å². The minimum absolute atomic E-state index is 0.791. The van der Waals surface area contributed by atoms with Crippen molar-refractivity contribution in [3.63, 3.8) is 0 Å². The molecule has 2 nitrogen and oxygen atoms in total. The summed E-state index contributed by atoms with van der Waals surface area (Å²) < 4.78 is 0. The number of hydrogen-bond donors (Lipinski definition) is 0. The van der Waals surface area contributed by atoms with Gasteiger partial charge in [0.05, 0.1) is 0 Å². The van der Waals surface area contributed by atoms with Crippen molar-refractivity contribution in [1.82, 2.24) is 9.88 Å². The van der Waals surface area contributed by atoms with Gasteiger partial charge in [0.25, 0.3) is 0 Å². The molecule has 1 saturated heterocycles. The van der Waals surface area contributed by atoms with Gasteiger partial charge in [-0.1, -0.05) is 19.4 Å². The molecule has 0 radical (unpaired) electrons. The number of likely N-dealkylation sites (tertiary alicyclic amines) is 1. The van der Waals surface area contributed by atoms with Crippen molar-refractivity contribution in [2.75, 3.05) is 6.54 Å². The van der Waals surface area contributed by atoms with E-state index in [1.807, 2.05) is 18.5 Å². The zero-order chi connectivity index (χ0) is 10.5. The molecule has 15 heavy (non-hydrogen) atoms. The van der Waals surface area contributed by atoms with Crippen molar-refractivity contribution in [2.24, 2.45) is 0 Å². The molecule has 0 amide bonds. The van der Waals surface area contributed by atoms with Gasteiger partial charge in [0.1, 0.15) is 0 Å². The fourth-order valence-electron chi connectivity index (χ4n) is 2.46. The van der Waals surface area contributed by atoms with E-state index in [1.54, 1.807) is 0 Å². The molecule has 82 valence electrons. The summed E-state index contributed by atoms with van der Waals surface area (Å²) in [6.45, 7) is 4.63. The number of rotatable bonds is 3. The number of pyridine rings is 1. The minimum Gasteiger partial charge on any atom is -0.296 e. The summed E-state index contributed by atoms with van der Waals surface area (Å²) in [5.74, 6) is 0. The number of hydrogen-bond acceptors (Lipinski definition) is 2. The summed E-state index contributed by atoms with van der Waals surface area (Å²) in [7, 11) is 0. The van der Waals surface area contributed by atoms with Crippen LogP contribution in [0.2, 0.25) is 0 Å². The normalized spacial score (nSPS) is 22.9. The van der Waals surface area contributed by atoms with Gasteiger partial charge in [-0.05, 0) is 37.4 Å². The van der Waals surface area contributed by atoms with Crippen molar-refractivity contribution in [3.05, 3.63) is 30.1 Å². The van der Waals surface area contributed by atoms with E-state index in [1.165, 1.54) is 37.8 Å². The van der Waals surface area contributed by atoms with Crippen molar-refractivity contribution in [3.8, 4) is 0 Å². The van der Waals surface area contributed by atoms with Crippen LogP contribution in [0.25, 0.3) is 0 Å². The molecule has 2 heteroatoms. The topological polar surface area (TPSA) is 16.1 Å². The third-order valence-electron chi connectivity index (χ3n) is 3.33. The molecule has 0 spiro atoms. The summed E-state index contributed by atoms with van der Waals surface area (Å²) in [5.41, 5.74) is 1.35. The van der Waals surface area contributed by atoms with Gasteiger partial charge in [-0.2, -0.15) is 0 Å². The molecule has 2 rings (SSSR count). The van der Waals surface area contributed by atoms with Crippen LogP contribution in [0, 0.1) is 0 Å². The van der Waals surface area contributed by atoms with Gasteiger partial charge < -0.3 is 0 Å². The molecule has 0 saturated carbocycles. The summed E-state index contributed by atoms with van der Waals surface area (Å²) in [6.07, 6.45) is 9.24. The molecule has 0 N–H and O–H groups in total. The molecule has 0 bridgehead atoms. The van der Waals surface area contributed by atoms with Crippen LogP contribution >= 0.6 is 0 Å². The lowest BCUT2D eigenvalue weighted by atomic mass is 9.99. The molecule has 1 unspecified atom stereocenters. The van der Waals surface area contributed by atoms with Crippen LogP contribution in [0.3, 0.4) is 0 Å².